The van der Waals surface area contributed by atoms with Gasteiger partial charge in [-0.15, -0.1) is 0 Å². The van der Waals surface area contributed by atoms with Crippen LogP contribution in [0.2, 0.25) is 0 Å². The maximum absolute atomic E-state index is 12.3. The molecule has 1 aromatic carbocycles. The lowest BCUT2D eigenvalue weighted by molar-refractivity contribution is 0.468. The van der Waals surface area contributed by atoms with Gasteiger partial charge < -0.3 is 9.73 Å². The quantitative estimate of drug-likeness (QED) is 0.893. The molecular formula is C14H18N2O4S. The number of aromatic amines is 1. The molecule has 2 aromatic rings. The first-order chi connectivity index (χ1) is 10.0. The smallest absolute Gasteiger partial charge is 0.408 e. The van der Waals surface area contributed by atoms with Crippen molar-refractivity contribution in [3.05, 3.63) is 34.3 Å². The van der Waals surface area contributed by atoms with Gasteiger partial charge in [0, 0.05) is 6.04 Å². The van der Waals surface area contributed by atoms with Gasteiger partial charge in [0.25, 0.3) is 0 Å². The molecule has 2 heterocycles. The third kappa shape index (κ3) is 2.63. The molecule has 21 heavy (non-hydrogen) atoms. The average Bonchev–Trinajstić information content (AvgIpc) is 2.80. The Morgan fingerprint density at radius 3 is 2.90 bits per heavy atom. The third-order valence-electron chi connectivity index (χ3n) is 4.12. The Balaban J connectivity index is 2.02. The van der Waals surface area contributed by atoms with E-state index in [9.17, 15) is 13.2 Å². The van der Waals surface area contributed by atoms with Crippen LogP contribution in [0.25, 0.3) is 11.1 Å². The van der Waals surface area contributed by atoms with Crippen LogP contribution in [0, 0.1) is 0 Å². The topological polar surface area (TPSA) is 92.2 Å². The monoisotopic (exact) mass is 310 g/mol. The summed E-state index contributed by atoms with van der Waals surface area (Å²) in [4.78, 5) is 13.8. The fourth-order valence-corrected chi connectivity index (χ4v) is 5.22. The average molecular weight is 310 g/mol. The molecule has 0 amide bonds. The van der Waals surface area contributed by atoms with Gasteiger partial charge in [-0.3, -0.25) is 4.98 Å². The van der Waals surface area contributed by atoms with E-state index in [-0.39, 0.29) is 11.8 Å². The van der Waals surface area contributed by atoms with Crippen molar-refractivity contribution in [1.82, 2.24) is 10.3 Å². The number of hydrogen-bond acceptors (Lipinski definition) is 5. The Bertz CT molecular complexity index is 806. The van der Waals surface area contributed by atoms with Crippen LogP contribution in [0.15, 0.2) is 27.4 Å². The first-order valence-electron chi connectivity index (χ1n) is 7.03. The fraction of sp³-hybridized carbons (Fsp3) is 0.500. The molecule has 2 N–H and O–H groups in total. The first-order valence-corrected chi connectivity index (χ1v) is 8.74. The van der Waals surface area contributed by atoms with E-state index in [0.717, 1.165) is 18.4 Å². The maximum atomic E-state index is 12.3. The molecule has 0 aliphatic carbocycles. The SMILES string of the molecule is CNC(c1ccc2[nH]c(=O)oc2c1)C1CCCCS1(=O)=O. The minimum Gasteiger partial charge on any atom is -0.408 e. The summed E-state index contributed by atoms with van der Waals surface area (Å²) < 4.78 is 29.7. The number of fused-ring (bicyclic) bond motifs is 1. The van der Waals surface area contributed by atoms with Crippen molar-refractivity contribution < 1.29 is 12.8 Å². The molecule has 0 saturated carbocycles. The van der Waals surface area contributed by atoms with Crippen LogP contribution < -0.4 is 11.1 Å². The summed E-state index contributed by atoms with van der Waals surface area (Å²) in [7, 11) is -1.34. The Labute approximate surface area is 122 Å². The minimum absolute atomic E-state index is 0.247. The number of hydrogen-bond donors (Lipinski definition) is 2. The van der Waals surface area contributed by atoms with Crippen molar-refractivity contribution in [1.29, 1.82) is 0 Å². The summed E-state index contributed by atoms with van der Waals surface area (Å²) >= 11 is 0. The normalized spacial score (nSPS) is 23.2. The molecule has 6 nitrogen and oxygen atoms in total. The Morgan fingerprint density at radius 2 is 2.19 bits per heavy atom. The summed E-state index contributed by atoms with van der Waals surface area (Å²) in [5, 5.41) is 2.67. The van der Waals surface area contributed by atoms with Crippen LogP contribution in [0.1, 0.15) is 30.9 Å². The van der Waals surface area contributed by atoms with Crippen LogP contribution in [-0.2, 0) is 9.84 Å². The van der Waals surface area contributed by atoms with Crippen LogP contribution >= 0.6 is 0 Å². The first kappa shape index (κ1) is 14.3. The molecule has 0 spiro atoms. The number of H-pyrrole nitrogens is 1. The molecule has 0 radical (unpaired) electrons. The predicted octanol–water partition coefficient (Wildman–Crippen LogP) is 1.35. The standard InChI is InChI=1S/C14H18N2O4S/c1-15-13(12-4-2-3-7-21(12,18)19)9-5-6-10-11(8-9)20-14(17)16-10/h5-6,8,12-13,15H,2-4,7H2,1H3,(H,16,17). The fourth-order valence-electron chi connectivity index (χ4n) is 3.08. The second-order valence-corrected chi connectivity index (χ2v) is 7.78. The van der Waals surface area contributed by atoms with Gasteiger partial charge in [0.15, 0.2) is 15.4 Å². The van der Waals surface area contributed by atoms with Crippen molar-refractivity contribution in [2.45, 2.75) is 30.6 Å². The molecule has 3 rings (SSSR count). The molecule has 0 bridgehead atoms. The largest absolute Gasteiger partial charge is 0.417 e. The van der Waals surface area contributed by atoms with Gasteiger partial charge >= 0.3 is 5.76 Å². The Kier molecular flexibility index (Phi) is 3.62. The number of sulfone groups is 1. The lowest BCUT2D eigenvalue weighted by Gasteiger charge is -2.30. The van der Waals surface area contributed by atoms with Crippen molar-refractivity contribution >= 4 is 20.9 Å². The van der Waals surface area contributed by atoms with Crippen molar-refractivity contribution in [2.75, 3.05) is 12.8 Å². The number of oxazole rings is 1. The summed E-state index contributed by atoms with van der Waals surface area (Å²) in [5.74, 6) is -0.259. The highest BCUT2D eigenvalue weighted by Crippen LogP contribution is 2.31. The second kappa shape index (κ2) is 5.31. The van der Waals surface area contributed by atoms with Gasteiger partial charge in [0.1, 0.15) is 0 Å². The molecular weight excluding hydrogens is 292 g/mol. The molecule has 7 heteroatoms. The molecule has 1 aliphatic heterocycles. The number of benzene rings is 1. The molecule has 114 valence electrons. The maximum Gasteiger partial charge on any atom is 0.417 e. The summed E-state index contributed by atoms with van der Waals surface area (Å²) in [6.45, 7) is 0. The van der Waals surface area contributed by atoms with E-state index in [2.05, 4.69) is 10.3 Å². The summed E-state index contributed by atoms with van der Waals surface area (Å²) in [5.41, 5.74) is 1.89. The Hall–Kier alpha value is -1.60. The lowest BCUT2D eigenvalue weighted by atomic mass is 9.99. The second-order valence-electron chi connectivity index (χ2n) is 5.44. The minimum atomic E-state index is -3.09. The number of aromatic nitrogens is 1. The van der Waals surface area contributed by atoms with E-state index < -0.39 is 20.8 Å². The van der Waals surface area contributed by atoms with E-state index >= 15 is 0 Å². The van der Waals surface area contributed by atoms with E-state index in [4.69, 9.17) is 4.42 Å². The highest BCUT2D eigenvalue weighted by Gasteiger charge is 2.35. The zero-order chi connectivity index (χ0) is 15.0. The molecule has 1 fully saturated rings. The summed E-state index contributed by atoms with van der Waals surface area (Å²) in [6.07, 6.45) is 2.31. The predicted molar refractivity (Wildman–Crippen MR) is 80.1 cm³/mol. The Morgan fingerprint density at radius 1 is 1.38 bits per heavy atom. The summed E-state index contributed by atoms with van der Waals surface area (Å²) in [6, 6.07) is 5.02. The van der Waals surface area contributed by atoms with Crippen LogP contribution in [0.5, 0.6) is 0 Å². The van der Waals surface area contributed by atoms with Crippen LogP contribution in [-0.4, -0.2) is 31.5 Å². The van der Waals surface area contributed by atoms with Gasteiger partial charge in [0.2, 0.25) is 0 Å². The van der Waals surface area contributed by atoms with Crippen molar-refractivity contribution in [3.63, 3.8) is 0 Å². The molecule has 2 atom stereocenters. The van der Waals surface area contributed by atoms with Gasteiger partial charge in [-0.1, -0.05) is 12.5 Å². The van der Waals surface area contributed by atoms with Crippen LogP contribution in [0.4, 0.5) is 0 Å². The number of rotatable bonds is 3. The van der Waals surface area contributed by atoms with E-state index in [1.807, 2.05) is 6.07 Å². The molecule has 1 aromatic heterocycles. The van der Waals surface area contributed by atoms with E-state index in [1.165, 1.54) is 0 Å². The van der Waals surface area contributed by atoms with E-state index in [1.54, 1.807) is 19.2 Å². The molecule has 2 unspecified atom stereocenters. The van der Waals surface area contributed by atoms with Crippen molar-refractivity contribution in [2.24, 2.45) is 0 Å². The van der Waals surface area contributed by atoms with Gasteiger partial charge in [-0.2, -0.15) is 0 Å². The zero-order valence-corrected chi connectivity index (χ0v) is 12.6. The van der Waals surface area contributed by atoms with Crippen molar-refractivity contribution in [3.8, 4) is 0 Å². The van der Waals surface area contributed by atoms with Crippen LogP contribution in [0.3, 0.4) is 0 Å². The van der Waals surface area contributed by atoms with Gasteiger partial charge in [-0.25, -0.2) is 13.2 Å². The zero-order valence-electron chi connectivity index (χ0n) is 11.8. The molecule has 1 aliphatic rings. The van der Waals surface area contributed by atoms with Gasteiger partial charge in [-0.05, 0) is 37.6 Å². The lowest BCUT2D eigenvalue weighted by Crippen LogP contribution is -2.39. The van der Waals surface area contributed by atoms with Gasteiger partial charge in [0.05, 0.1) is 16.5 Å². The highest BCUT2D eigenvalue weighted by atomic mass is 32.2. The number of nitrogens with one attached hydrogen (secondary N) is 2. The highest BCUT2D eigenvalue weighted by molar-refractivity contribution is 7.92. The molecule has 1 saturated heterocycles. The van der Waals surface area contributed by atoms with E-state index in [0.29, 0.717) is 17.5 Å². The third-order valence-corrected chi connectivity index (χ3v) is 6.40.